The third kappa shape index (κ3) is 4.38. The summed E-state index contributed by atoms with van der Waals surface area (Å²) < 4.78 is 5.13. The second kappa shape index (κ2) is 8.48. The minimum absolute atomic E-state index is 0.183. The summed E-state index contributed by atoms with van der Waals surface area (Å²) in [6.45, 7) is 0.721. The number of nitrogens with one attached hydrogen (secondary N) is 3. The summed E-state index contributed by atoms with van der Waals surface area (Å²) in [4.78, 5) is 20.1. The van der Waals surface area contributed by atoms with Crippen LogP contribution < -0.4 is 15.4 Å². The van der Waals surface area contributed by atoms with Gasteiger partial charge in [0.25, 0.3) is 5.91 Å². The van der Waals surface area contributed by atoms with E-state index in [2.05, 4.69) is 32.7 Å². The molecule has 2 aromatic heterocycles. The molecule has 0 radical (unpaired) electrons. The molecule has 0 aliphatic heterocycles. The highest BCUT2D eigenvalue weighted by molar-refractivity contribution is 6.04. The highest BCUT2D eigenvalue weighted by Gasteiger charge is 2.08. The zero-order chi connectivity index (χ0) is 20.1. The van der Waals surface area contributed by atoms with Crippen molar-refractivity contribution in [2.45, 2.75) is 6.42 Å². The van der Waals surface area contributed by atoms with E-state index in [0.717, 1.165) is 24.2 Å². The predicted molar refractivity (Wildman–Crippen MR) is 116 cm³/mol. The molecule has 2 heterocycles. The Bertz CT molecular complexity index is 1120. The van der Waals surface area contributed by atoms with Crippen molar-refractivity contribution in [3.05, 3.63) is 84.2 Å². The van der Waals surface area contributed by atoms with Gasteiger partial charge in [-0.15, -0.1) is 0 Å². The third-order valence-electron chi connectivity index (χ3n) is 4.75. The fourth-order valence-electron chi connectivity index (χ4n) is 3.21. The van der Waals surface area contributed by atoms with Gasteiger partial charge in [-0.25, -0.2) is 4.98 Å². The lowest BCUT2D eigenvalue weighted by Gasteiger charge is -2.09. The number of amides is 1. The summed E-state index contributed by atoms with van der Waals surface area (Å²) >= 11 is 0. The number of aromatic amines is 1. The standard InChI is InChI=1S/C23H22N4O2/c1-29-19-8-6-18(7-9-19)27-23(28)16-10-12-24-22(14-16)25-13-11-17-15-26-21-5-3-2-4-20(17)21/h2-10,12,14-15,26H,11,13H2,1H3,(H,24,25)(H,27,28). The number of hydrogen-bond acceptors (Lipinski definition) is 4. The van der Waals surface area contributed by atoms with E-state index in [0.29, 0.717) is 17.1 Å². The van der Waals surface area contributed by atoms with Gasteiger partial charge < -0.3 is 20.4 Å². The number of methoxy groups -OCH3 is 1. The fourth-order valence-corrected chi connectivity index (χ4v) is 3.21. The average Bonchev–Trinajstić information content (AvgIpc) is 3.18. The molecule has 0 saturated carbocycles. The molecule has 0 saturated heterocycles. The van der Waals surface area contributed by atoms with Gasteiger partial charge in [-0.05, 0) is 54.4 Å². The van der Waals surface area contributed by atoms with E-state index >= 15 is 0 Å². The summed E-state index contributed by atoms with van der Waals surface area (Å²) in [5.41, 5.74) is 3.64. The van der Waals surface area contributed by atoms with Gasteiger partial charge in [0.1, 0.15) is 11.6 Å². The number of anilines is 2. The Balaban J connectivity index is 1.37. The number of benzene rings is 2. The summed E-state index contributed by atoms with van der Waals surface area (Å²) in [7, 11) is 1.61. The van der Waals surface area contributed by atoms with E-state index in [1.54, 1.807) is 49.7 Å². The van der Waals surface area contributed by atoms with Gasteiger partial charge in [0.05, 0.1) is 7.11 Å². The molecular weight excluding hydrogens is 364 g/mol. The van der Waals surface area contributed by atoms with E-state index in [9.17, 15) is 4.79 Å². The Morgan fingerprint density at radius 2 is 1.93 bits per heavy atom. The number of hydrogen-bond donors (Lipinski definition) is 3. The van der Waals surface area contributed by atoms with Gasteiger partial charge in [-0.1, -0.05) is 18.2 Å². The van der Waals surface area contributed by atoms with Gasteiger partial charge in [0.2, 0.25) is 0 Å². The molecule has 0 bridgehead atoms. The molecule has 0 spiro atoms. The largest absolute Gasteiger partial charge is 0.497 e. The molecule has 6 heteroatoms. The van der Waals surface area contributed by atoms with Crippen molar-refractivity contribution in [3.8, 4) is 5.75 Å². The van der Waals surface area contributed by atoms with E-state index in [4.69, 9.17) is 4.74 Å². The average molecular weight is 386 g/mol. The number of fused-ring (bicyclic) bond motifs is 1. The lowest BCUT2D eigenvalue weighted by atomic mass is 10.1. The van der Waals surface area contributed by atoms with Crippen LogP contribution in [0.2, 0.25) is 0 Å². The lowest BCUT2D eigenvalue weighted by Crippen LogP contribution is -2.13. The molecule has 2 aromatic carbocycles. The van der Waals surface area contributed by atoms with E-state index in [1.165, 1.54) is 10.9 Å². The zero-order valence-electron chi connectivity index (χ0n) is 16.1. The molecule has 3 N–H and O–H groups in total. The van der Waals surface area contributed by atoms with Crippen LogP contribution in [0.1, 0.15) is 15.9 Å². The molecule has 29 heavy (non-hydrogen) atoms. The Morgan fingerprint density at radius 1 is 1.10 bits per heavy atom. The topological polar surface area (TPSA) is 79.0 Å². The van der Waals surface area contributed by atoms with Crippen LogP contribution in [0.25, 0.3) is 10.9 Å². The molecule has 0 aliphatic rings. The van der Waals surface area contributed by atoms with Crippen LogP contribution in [0.5, 0.6) is 5.75 Å². The van der Waals surface area contributed by atoms with E-state index in [-0.39, 0.29) is 5.91 Å². The molecule has 0 unspecified atom stereocenters. The van der Waals surface area contributed by atoms with E-state index < -0.39 is 0 Å². The van der Waals surface area contributed by atoms with Gasteiger partial charge >= 0.3 is 0 Å². The summed E-state index contributed by atoms with van der Waals surface area (Å²) in [5.74, 6) is 1.23. The summed E-state index contributed by atoms with van der Waals surface area (Å²) in [6, 6.07) is 18.9. The molecule has 1 amide bonds. The maximum Gasteiger partial charge on any atom is 0.255 e. The fraction of sp³-hybridized carbons (Fsp3) is 0.130. The Kier molecular flexibility index (Phi) is 5.42. The van der Waals surface area contributed by atoms with Gasteiger partial charge in [0.15, 0.2) is 0 Å². The Hall–Kier alpha value is -3.80. The predicted octanol–water partition coefficient (Wildman–Crippen LogP) is 4.48. The van der Waals surface area contributed by atoms with Crippen molar-refractivity contribution in [1.29, 1.82) is 0 Å². The van der Waals surface area contributed by atoms with Crippen molar-refractivity contribution in [3.63, 3.8) is 0 Å². The monoisotopic (exact) mass is 386 g/mol. The molecule has 6 nitrogen and oxygen atoms in total. The van der Waals surface area contributed by atoms with Crippen molar-refractivity contribution < 1.29 is 9.53 Å². The van der Waals surface area contributed by atoms with Gasteiger partial charge in [0, 0.05) is 41.1 Å². The Labute approximate surface area is 168 Å². The van der Waals surface area contributed by atoms with Crippen molar-refractivity contribution >= 4 is 28.3 Å². The maximum atomic E-state index is 12.5. The third-order valence-corrected chi connectivity index (χ3v) is 4.75. The number of carbonyl (C=O) groups is 1. The molecule has 0 atom stereocenters. The SMILES string of the molecule is COc1ccc(NC(=O)c2ccnc(NCCc3c[nH]c4ccccc34)c2)cc1. The number of rotatable bonds is 7. The smallest absolute Gasteiger partial charge is 0.255 e. The second-order valence-corrected chi connectivity index (χ2v) is 6.65. The molecule has 4 rings (SSSR count). The minimum Gasteiger partial charge on any atom is -0.497 e. The van der Waals surface area contributed by atoms with E-state index in [1.807, 2.05) is 18.3 Å². The molecule has 4 aromatic rings. The van der Waals surface area contributed by atoms with Crippen LogP contribution in [0, 0.1) is 0 Å². The molecule has 0 aliphatic carbocycles. The van der Waals surface area contributed by atoms with Crippen molar-refractivity contribution in [2.24, 2.45) is 0 Å². The molecular formula is C23H22N4O2. The second-order valence-electron chi connectivity index (χ2n) is 6.65. The minimum atomic E-state index is -0.183. The van der Waals surface area contributed by atoms with Crippen molar-refractivity contribution in [2.75, 3.05) is 24.3 Å². The highest BCUT2D eigenvalue weighted by atomic mass is 16.5. The number of pyridine rings is 1. The molecule has 146 valence electrons. The zero-order valence-corrected chi connectivity index (χ0v) is 16.1. The van der Waals surface area contributed by atoms with Crippen LogP contribution in [-0.2, 0) is 6.42 Å². The first-order valence-corrected chi connectivity index (χ1v) is 9.43. The number of ether oxygens (including phenoxy) is 1. The first-order chi connectivity index (χ1) is 14.2. The van der Waals surface area contributed by atoms with Crippen molar-refractivity contribution in [1.82, 2.24) is 9.97 Å². The normalized spacial score (nSPS) is 10.7. The first kappa shape index (κ1) is 18.6. The van der Waals surface area contributed by atoms with Gasteiger partial charge in [-0.3, -0.25) is 4.79 Å². The maximum absolute atomic E-state index is 12.5. The van der Waals surface area contributed by atoms with Crippen LogP contribution in [0.4, 0.5) is 11.5 Å². The van der Waals surface area contributed by atoms with Crippen LogP contribution >= 0.6 is 0 Å². The quantitative estimate of drug-likeness (QED) is 0.438. The summed E-state index contributed by atoms with van der Waals surface area (Å²) in [5, 5.41) is 7.41. The lowest BCUT2D eigenvalue weighted by molar-refractivity contribution is 0.102. The number of H-pyrrole nitrogens is 1. The van der Waals surface area contributed by atoms with Crippen LogP contribution in [0.3, 0.4) is 0 Å². The number of para-hydroxylation sites is 1. The highest BCUT2D eigenvalue weighted by Crippen LogP contribution is 2.19. The first-order valence-electron chi connectivity index (χ1n) is 9.43. The number of carbonyl (C=O) groups excluding carboxylic acids is 1. The number of nitrogens with zero attached hydrogens (tertiary/aromatic N) is 1. The summed E-state index contributed by atoms with van der Waals surface area (Å²) in [6.07, 6.45) is 4.53. The number of aromatic nitrogens is 2. The van der Waals surface area contributed by atoms with Gasteiger partial charge in [-0.2, -0.15) is 0 Å². The van der Waals surface area contributed by atoms with Crippen LogP contribution in [-0.4, -0.2) is 29.5 Å². The molecule has 0 fully saturated rings. The van der Waals surface area contributed by atoms with Crippen LogP contribution in [0.15, 0.2) is 73.1 Å². The Morgan fingerprint density at radius 3 is 2.76 bits per heavy atom.